The molecule has 0 radical (unpaired) electrons. The molecule has 0 atom stereocenters. The Morgan fingerprint density at radius 1 is 0.815 bits per heavy atom. The van der Waals surface area contributed by atoms with E-state index in [1.165, 1.54) is 21.4 Å². The molecule has 0 saturated carbocycles. The summed E-state index contributed by atoms with van der Waals surface area (Å²) in [5.74, 6) is 0.227. The molecule has 2 amide bonds. The van der Waals surface area contributed by atoms with Crippen molar-refractivity contribution in [1.29, 1.82) is 5.26 Å². The SMILES string of the molecule is CC(C)(C)OC(=O)N1CCC(=O)CC1.Cc1ccc2sc(-c3c(N)sc4c3CCN(C(=O)OC(C)(C)C)C4)nc2c1.Cc1ccc2sc(CC#N)nc2c1. The maximum absolute atomic E-state index is 12.4. The Balaban J connectivity index is 0.000000174. The van der Waals surface area contributed by atoms with Crippen molar-refractivity contribution < 1.29 is 23.9 Å². The highest BCUT2D eigenvalue weighted by molar-refractivity contribution is 7.22. The fourth-order valence-corrected chi connectivity index (χ4v) is 8.89. The molecule has 0 aliphatic carbocycles. The van der Waals surface area contributed by atoms with Crippen molar-refractivity contribution >= 4 is 77.4 Å². The quantitative estimate of drug-likeness (QED) is 0.184. The van der Waals surface area contributed by atoms with Crippen LogP contribution in [0.1, 0.15) is 81.0 Å². The van der Waals surface area contributed by atoms with Gasteiger partial charge in [-0.15, -0.1) is 34.0 Å². The van der Waals surface area contributed by atoms with Crippen LogP contribution >= 0.6 is 34.0 Å². The van der Waals surface area contributed by atoms with E-state index in [1.807, 2.05) is 54.5 Å². The standard InChI is InChI=1S/C20H23N3O2S2.C10H8N2S.C10H17NO3/c1-11-5-6-14-13(9-11)22-18(27-14)16-12-7-8-23(10-15(12)26-17(16)21)19(24)25-20(2,3)4;1-7-2-3-9-8(6-7)12-10(13-9)4-5-11;1-10(2,3)14-9(13)11-6-4-8(12)5-7-11/h5-6,9H,7-8,10,21H2,1-4H3;2-3,6H,4H2,1H3;4-7H2,1-3H3. The third kappa shape index (κ3) is 10.8. The average molecular weight is 789 g/mol. The lowest BCUT2D eigenvalue weighted by Crippen LogP contribution is -2.41. The molecule has 11 nitrogen and oxygen atoms in total. The number of aromatic nitrogens is 2. The van der Waals surface area contributed by atoms with Gasteiger partial charge in [0, 0.05) is 42.9 Å². The molecule has 3 aromatic heterocycles. The van der Waals surface area contributed by atoms with Gasteiger partial charge < -0.3 is 25.0 Å². The number of nitrogens with two attached hydrogens (primary N) is 1. The van der Waals surface area contributed by atoms with Crippen molar-refractivity contribution in [2.45, 2.75) is 98.8 Å². The first-order valence-electron chi connectivity index (χ1n) is 17.9. The Morgan fingerprint density at radius 2 is 1.35 bits per heavy atom. The smallest absolute Gasteiger partial charge is 0.410 e. The second-order valence-corrected chi connectivity index (χ2v) is 18.6. The Kier molecular flexibility index (Phi) is 12.7. The van der Waals surface area contributed by atoms with Gasteiger partial charge >= 0.3 is 12.2 Å². The summed E-state index contributed by atoms with van der Waals surface area (Å²) in [7, 11) is 0. The van der Waals surface area contributed by atoms with Gasteiger partial charge in [-0.05, 0) is 103 Å². The number of thiophene rings is 1. The minimum Gasteiger partial charge on any atom is -0.444 e. The molecule has 1 saturated heterocycles. The minimum atomic E-state index is -0.490. The zero-order valence-corrected chi connectivity index (χ0v) is 34.6. The number of fused-ring (bicyclic) bond motifs is 3. The van der Waals surface area contributed by atoms with E-state index in [4.69, 9.17) is 25.5 Å². The molecule has 14 heteroatoms. The van der Waals surface area contributed by atoms with Gasteiger partial charge in [0.25, 0.3) is 0 Å². The number of carbonyl (C=O) groups is 3. The molecule has 54 heavy (non-hydrogen) atoms. The topological polar surface area (TPSA) is 152 Å². The summed E-state index contributed by atoms with van der Waals surface area (Å²) >= 11 is 4.83. The van der Waals surface area contributed by atoms with Crippen LogP contribution in [0.5, 0.6) is 0 Å². The van der Waals surface area contributed by atoms with Crippen molar-refractivity contribution in [3.8, 4) is 16.6 Å². The number of nitriles is 1. The van der Waals surface area contributed by atoms with E-state index in [9.17, 15) is 14.4 Å². The number of thiazole rings is 2. The average Bonchev–Trinajstić information content (AvgIpc) is 3.77. The summed E-state index contributed by atoms with van der Waals surface area (Å²) in [5, 5.41) is 11.2. The van der Waals surface area contributed by atoms with Crippen LogP contribution in [0.3, 0.4) is 0 Å². The van der Waals surface area contributed by atoms with Gasteiger partial charge in [0.1, 0.15) is 27.0 Å². The van der Waals surface area contributed by atoms with Gasteiger partial charge in [-0.3, -0.25) is 4.79 Å². The Labute approximate surface area is 328 Å². The molecule has 2 aromatic carbocycles. The van der Waals surface area contributed by atoms with Crippen molar-refractivity contribution in [1.82, 2.24) is 19.8 Å². The second kappa shape index (κ2) is 16.8. The van der Waals surface area contributed by atoms with Crippen LogP contribution < -0.4 is 5.73 Å². The Morgan fingerprint density at radius 3 is 1.93 bits per heavy atom. The van der Waals surface area contributed by atoms with Crippen molar-refractivity contribution in [3.05, 3.63) is 63.0 Å². The van der Waals surface area contributed by atoms with Crippen LogP contribution in [-0.2, 0) is 33.7 Å². The van der Waals surface area contributed by atoms with E-state index < -0.39 is 11.2 Å². The monoisotopic (exact) mass is 788 g/mol. The number of nitrogen functional groups attached to an aromatic ring is 1. The van der Waals surface area contributed by atoms with Crippen LogP contribution in [-0.4, -0.2) is 68.6 Å². The third-order valence-electron chi connectivity index (χ3n) is 8.28. The fourth-order valence-electron chi connectivity index (χ4n) is 5.78. The molecule has 2 N–H and O–H groups in total. The number of likely N-dealkylation sites (tertiary alicyclic amines) is 1. The predicted molar refractivity (Wildman–Crippen MR) is 218 cm³/mol. The van der Waals surface area contributed by atoms with E-state index in [0.29, 0.717) is 45.4 Å². The van der Waals surface area contributed by atoms with E-state index in [0.717, 1.165) is 47.6 Å². The van der Waals surface area contributed by atoms with Gasteiger partial charge in [0.2, 0.25) is 0 Å². The highest BCUT2D eigenvalue weighted by atomic mass is 32.1. The van der Waals surface area contributed by atoms with Crippen molar-refractivity contribution in [2.24, 2.45) is 0 Å². The van der Waals surface area contributed by atoms with Gasteiger partial charge in [0.15, 0.2) is 0 Å². The summed E-state index contributed by atoms with van der Waals surface area (Å²) in [6, 6.07) is 14.6. The second-order valence-electron chi connectivity index (χ2n) is 15.3. The Bertz CT molecular complexity index is 2190. The number of hydrogen-bond donors (Lipinski definition) is 1. The number of piperidine rings is 1. The number of ether oxygens (including phenoxy) is 2. The summed E-state index contributed by atoms with van der Waals surface area (Å²) in [4.78, 5) is 48.5. The number of aryl methyl sites for hydroxylation is 2. The van der Waals surface area contributed by atoms with Gasteiger partial charge in [-0.25, -0.2) is 19.6 Å². The zero-order chi connectivity index (χ0) is 39.4. The molecular formula is C40H48N6O5S3. The van der Waals surface area contributed by atoms with Crippen molar-refractivity contribution in [2.75, 3.05) is 25.4 Å². The molecule has 7 rings (SSSR count). The molecular weight excluding hydrogens is 741 g/mol. The summed E-state index contributed by atoms with van der Waals surface area (Å²) in [6.07, 6.45) is 1.52. The number of Topliss-reactive ketones (excluding diaryl/α,β-unsaturated/α-hetero) is 1. The van der Waals surface area contributed by atoms with Crippen LogP contribution in [0.4, 0.5) is 14.6 Å². The normalized spacial score (nSPS) is 14.4. The van der Waals surface area contributed by atoms with Crippen LogP contribution in [0.2, 0.25) is 0 Å². The number of nitrogens with zero attached hydrogens (tertiary/aromatic N) is 5. The first kappa shape index (κ1) is 40.6. The molecule has 0 bridgehead atoms. The maximum Gasteiger partial charge on any atom is 0.410 e. The highest BCUT2D eigenvalue weighted by Crippen LogP contribution is 2.44. The number of amides is 2. The minimum absolute atomic E-state index is 0.227. The summed E-state index contributed by atoms with van der Waals surface area (Å²) < 4.78 is 13.0. The first-order valence-corrected chi connectivity index (χ1v) is 20.3. The van der Waals surface area contributed by atoms with Crippen LogP contribution in [0.15, 0.2) is 36.4 Å². The first-order chi connectivity index (χ1) is 25.4. The molecule has 0 unspecified atom stereocenters. The summed E-state index contributed by atoms with van der Waals surface area (Å²) in [6.45, 7) is 17.4. The third-order valence-corrected chi connectivity index (χ3v) is 11.4. The number of carbonyl (C=O) groups excluding carboxylic acids is 3. The Hall–Kier alpha value is -4.58. The van der Waals surface area contributed by atoms with Gasteiger partial charge in [-0.2, -0.15) is 5.26 Å². The van der Waals surface area contributed by atoms with E-state index >= 15 is 0 Å². The maximum atomic E-state index is 12.4. The largest absolute Gasteiger partial charge is 0.444 e. The lowest BCUT2D eigenvalue weighted by atomic mass is 10.0. The number of ketones is 1. The predicted octanol–water partition coefficient (Wildman–Crippen LogP) is 9.47. The fraction of sp³-hybridized carbons (Fsp3) is 0.450. The molecule has 2 aliphatic heterocycles. The molecule has 0 spiro atoms. The zero-order valence-electron chi connectivity index (χ0n) is 32.2. The molecule has 286 valence electrons. The van der Waals surface area contributed by atoms with E-state index in [2.05, 4.69) is 48.3 Å². The lowest BCUT2D eigenvalue weighted by Gasteiger charge is -2.30. The molecule has 5 heterocycles. The van der Waals surface area contributed by atoms with E-state index in [1.54, 1.807) is 43.8 Å². The lowest BCUT2D eigenvalue weighted by molar-refractivity contribution is -0.121. The number of rotatable bonds is 2. The van der Waals surface area contributed by atoms with Gasteiger partial charge in [-0.1, -0.05) is 12.1 Å². The molecule has 5 aromatic rings. The van der Waals surface area contributed by atoms with Crippen molar-refractivity contribution in [3.63, 3.8) is 0 Å². The highest BCUT2D eigenvalue weighted by Gasteiger charge is 2.30. The van der Waals surface area contributed by atoms with E-state index in [-0.39, 0.29) is 18.0 Å². The number of hydrogen-bond acceptors (Lipinski definition) is 12. The van der Waals surface area contributed by atoms with Crippen LogP contribution in [0, 0.1) is 25.2 Å². The number of benzene rings is 2. The summed E-state index contributed by atoms with van der Waals surface area (Å²) in [5.41, 5.74) is 12.1. The van der Waals surface area contributed by atoms with Gasteiger partial charge in [0.05, 0.1) is 44.5 Å². The number of anilines is 1. The molecule has 2 aliphatic rings. The van der Waals surface area contributed by atoms with Crippen LogP contribution in [0.25, 0.3) is 31.0 Å². The molecule has 1 fully saturated rings.